The highest BCUT2D eigenvalue weighted by Crippen LogP contribution is 2.22. The standard InChI is InChI=1S/C20H16N8O4/c1-10-7-14(28(25-10)20-23-16-13(17(30)24-20)8-21-26(16)2)22-15(29)9-27-18(31)11-5-3-4-6-12(11)19(27)32/h3-8H,9H2,1-2H3,(H,22,29)(H,23,24,30). The highest BCUT2D eigenvalue weighted by Gasteiger charge is 2.36. The lowest BCUT2D eigenvalue weighted by Gasteiger charge is -2.14. The van der Waals surface area contributed by atoms with Gasteiger partial charge in [-0.25, -0.2) is 0 Å². The van der Waals surface area contributed by atoms with Crippen LogP contribution in [-0.2, 0) is 11.8 Å². The van der Waals surface area contributed by atoms with Crippen molar-refractivity contribution in [2.24, 2.45) is 7.05 Å². The maximum Gasteiger partial charge on any atom is 0.263 e. The Labute approximate surface area is 179 Å². The number of nitrogens with zero attached hydrogens (tertiary/aromatic N) is 6. The molecule has 12 nitrogen and oxygen atoms in total. The van der Waals surface area contributed by atoms with E-state index in [1.165, 1.54) is 15.6 Å². The Kier molecular flexibility index (Phi) is 4.22. The summed E-state index contributed by atoms with van der Waals surface area (Å²) in [6.07, 6.45) is 1.41. The van der Waals surface area contributed by atoms with E-state index in [1.807, 2.05) is 0 Å². The summed E-state index contributed by atoms with van der Waals surface area (Å²) < 4.78 is 2.72. The average molecular weight is 432 g/mol. The number of hydrogen-bond acceptors (Lipinski definition) is 7. The molecule has 0 aliphatic carbocycles. The predicted octanol–water partition coefficient (Wildman–Crippen LogP) is 0.385. The number of aromatic amines is 1. The first-order valence-electron chi connectivity index (χ1n) is 9.57. The van der Waals surface area contributed by atoms with E-state index in [9.17, 15) is 19.2 Å². The van der Waals surface area contributed by atoms with Crippen LogP contribution in [0, 0.1) is 6.92 Å². The fraction of sp³-hybridized carbons (Fsp3) is 0.150. The number of hydrogen-bond donors (Lipinski definition) is 2. The zero-order valence-electron chi connectivity index (χ0n) is 17.0. The number of benzene rings is 1. The second kappa shape index (κ2) is 6.97. The second-order valence-electron chi connectivity index (χ2n) is 7.27. The molecule has 1 aromatic carbocycles. The quantitative estimate of drug-likeness (QED) is 0.443. The van der Waals surface area contributed by atoms with E-state index >= 15 is 0 Å². The molecule has 0 fully saturated rings. The summed E-state index contributed by atoms with van der Waals surface area (Å²) in [5, 5.41) is 11.3. The molecule has 5 rings (SSSR count). The third-order valence-electron chi connectivity index (χ3n) is 5.07. The van der Waals surface area contributed by atoms with Gasteiger partial charge in [0.2, 0.25) is 11.9 Å². The van der Waals surface area contributed by atoms with E-state index < -0.39 is 29.8 Å². The minimum Gasteiger partial charge on any atom is -0.309 e. The summed E-state index contributed by atoms with van der Waals surface area (Å²) in [5.41, 5.74) is 1.01. The third-order valence-corrected chi connectivity index (χ3v) is 5.07. The lowest BCUT2D eigenvalue weighted by Crippen LogP contribution is -2.37. The van der Waals surface area contributed by atoms with Gasteiger partial charge in [0.15, 0.2) is 5.65 Å². The Morgan fingerprint density at radius 3 is 2.50 bits per heavy atom. The molecule has 1 aliphatic heterocycles. The van der Waals surface area contributed by atoms with E-state index in [0.29, 0.717) is 16.7 Å². The van der Waals surface area contributed by atoms with Gasteiger partial charge in [-0.2, -0.15) is 19.9 Å². The number of rotatable bonds is 4. The van der Waals surface area contributed by atoms with Gasteiger partial charge in [-0.05, 0) is 19.1 Å². The first-order chi connectivity index (χ1) is 15.3. The highest BCUT2D eigenvalue weighted by atomic mass is 16.2. The van der Waals surface area contributed by atoms with Crippen LogP contribution >= 0.6 is 0 Å². The molecule has 0 saturated carbocycles. The van der Waals surface area contributed by atoms with Gasteiger partial charge >= 0.3 is 0 Å². The average Bonchev–Trinajstić information content (AvgIpc) is 3.39. The number of carbonyl (C=O) groups excluding carboxylic acids is 3. The normalized spacial score (nSPS) is 13.1. The van der Waals surface area contributed by atoms with Crippen molar-refractivity contribution in [2.45, 2.75) is 6.92 Å². The van der Waals surface area contributed by atoms with E-state index in [1.54, 1.807) is 44.3 Å². The number of amides is 3. The smallest absolute Gasteiger partial charge is 0.263 e. The van der Waals surface area contributed by atoms with Crippen LogP contribution in [0.25, 0.3) is 17.0 Å². The van der Waals surface area contributed by atoms with Crippen LogP contribution in [-0.4, -0.2) is 58.7 Å². The number of aryl methyl sites for hydroxylation is 2. The number of imide groups is 1. The van der Waals surface area contributed by atoms with Crippen LogP contribution < -0.4 is 10.9 Å². The number of nitrogens with one attached hydrogen (secondary N) is 2. The number of aromatic nitrogens is 6. The molecule has 0 unspecified atom stereocenters. The molecule has 32 heavy (non-hydrogen) atoms. The molecule has 3 aromatic heterocycles. The molecule has 2 N–H and O–H groups in total. The van der Waals surface area contributed by atoms with Gasteiger partial charge in [-0.1, -0.05) is 12.1 Å². The molecule has 160 valence electrons. The highest BCUT2D eigenvalue weighted by molar-refractivity contribution is 6.22. The van der Waals surface area contributed by atoms with Crippen molar-refractivity contribution >= 4 is 34.6 Å². The second-order valence-corrected chi connectivity index (χ2v) is 7.27. The van der Waals surface area contributed by atoms with E-state index in [-0.39, 0.29) is 22.9 Å². The van der Waals surface area contributed by atoms with Gasteiger partial charge < -0.3 is 5.32 Å². The number of fused-ring (bicyclic) bond motifs is 2. The minimum absolute atomic E-state index is 0.0789. The van der Waals surface area contributed by atoms with E-state index in [2.05, 4.69) is 25.5 Å². The van der Waals surface area contributed by atoms with Gasteiger partial charge in [0.25, 0.3) is 17.4 Å². The number of carbonyl (C=O) groups is 3. The van der Waals surface area contributed by atoms with Crippen LogP contribution in [0.15, 0.2) is 41.3 Å². The first kappa shape index (κ1) is 19.4. The Hall–Kier alpha value is -4.61. The van der Waals surface area contributed by atoms with Crippen LogP contribution in [0.3, 0.4) is 0 Å². The van der Waals surface area contributed by atoms with Crippen LogP contribution in [0.1, 0.15) is 26.4 Å². The molecular formula is C20H16N8O4. The monoisotopic (exact) mass is 432 g/mol. The Balaban J connectivity index is 1.43. The number of anilines is 1. The van der Waals surface area contributed by atoms with Gasteiger partial charge in [0.1, 0.15) is 17.7 Å². The maximum atomic E-state index is 12.7. The molecule has 4 aromatic rings. The SMILES string of the molecule is Cc1cc(NC(=O)CN2C(=O)c3ccccc3C2=O)n(-c2nc3c(cnn3C)c(=O)[nH]2)n1. The van der Waals surface area contributed by atoms with Gasteiger partial charge in [0.05, 0.1) is 23.0 Å². The minimum atomic E-state index is -0.607. The van der Waals surface area contributed by atoms with Crippen molar-refractivity contribution in [1.82, 2.24) is 34.4 Å². The van der Waals surface area contributed by atoms with Crippen molar-refractivity contribution in [1.29, 1.82) is 0 Å². The van der Waals surface area contributed by atoms with Gasteiger partial charge in [-0.15, -0.1) is 0 Å². The molecular weight excluding hydrogens is 416 g/mol. The fourth-order valence-corrected chi connectivity index (χ4v) is 3.58. The van der Waals surface area contributed by atoms with Crippen LogP contribution in [0.2, 0.25) is 0 Å². The molecule has 1 aliphatic rings. The first-order valence-corrected chi connectivity index (χ1v) is 9.57. The predicted molar refractivity (Wildman–Crippen MR) is 111 cm³/mol. The molecule has 0 spiro atoms. The third kappa shape index (κ3) is 2.96. The maximum absolute atomic E-state index is 12.7. The van der Waals surface area contributed by atoms with Crippen molar-refractivity contribution in [3.05, 3.63) is 63.7 Å². The van der Waals surface area contributed by atoms with E-state index in [0.717, 1.165) is 4.90 Å². The lowest BCUT2D eigenvalue weighted by atomic mass is 10.1. The summed E-state index contributed by atoms with van der Waals surface area (Å²) in [6, 6.07) is 7.97. The fourth-order valence-electron chi connectivity index (χ4n) is 3.58. The van der Waals surface area contributed by atoms with Crippen molar-refractivity contribution in [3.63, 3.8) is 0 Å². The Morgan fingerprint density at radius 2 is 1.81 bits per heavy atom. The van der Waals surface area contributed by atoms with Gasteiger partial charge in [0, 0.05) is 13.1 Å². The molecule has 0 radical (unpaired) electrons. The summed E-state index contributed by atoms with van der Waals surface area (Å²) >= 11 is 0. The summed E-state index contributed by atoms with van der Waals surface area (Å²) in [4.78, 5) is 58.0. The summed E-state index contributed by atoms with van der Waals surface area (Å²) in [5.74, 6) is -1.37. The molecule has 4 heterocycles. The Morgan fingerprint density at radius 1 is 1.12 bits per heavy atom. The van der Waals surface area contributed by atoms with Gasteiger partial charge in [-0.3, -0.25) is 33.7 Å². The largest absolute Gasteiger partial charge is 0.309 e. The number of H-pyrrole nitrogens is 1. The molecule has 0 atom stereocenters. The topological polar surface area (TPSA) is 148 Å². The van der Waals surface area contributed by atoms with Crippen LogP contribution in [0.4, 0.5) is 5.82 Å². The van der Waals surface area contributed by atoms with Crippen molar-refractivity contribution < 1.29 is 14.4 Å². The van der Waals surface area contributed by atoms with Crippen molar-refractivity contribution in [3.8, 4) is 5.95 Å². The van der Waals surface area contributed by atoms with E-state index in [4.69, 9.17) is 0 Å². The molecule has 12 heteroatoms. The Bertz CT molecular complexity index is 1460. The lowest BCUT2D eigenvalue weighted by molar-refractivity contribution is -0.116. The van der Waals surface area contributed by atoms with Crippen molar-refractivity contribution in [2.75, 3.05) is 11.9 Å². The molecule has 0 saturated heterocycles. The summed E-state index contributed by atoms with van der Waals surface area (Å²) in [6.45, 7) is 1.23. The molecule has 0 bridgehead atoms. The van der Waals surface area contributed by atoms with Crippen LogP contribution in [0.5, 0.6) is 0 Å². The zero-order valence-corrected chi connectivity index (χ0v) is 17.0. The molecule has 3 amide bonds. The zero-order chi connectivity index (χ0) is 22.6. The summed E-state index contributed by atoms with van der Waals surface area (Å²) in [7, 11) is 1.65.